The van der Waals surface area contributed by atoms with Crippen LogP contribution in [-0.4, -0.2) is 16.1 Å². The average Bonchev–Trinajstić information content (AvgIpc) is 3.02. The molecule has 3 nitrogen and oxygen atoms in total. The van der Waals surface area contributed by atoms with Gasteiger partial charge in [-0.2, -0.15) is 0 Å². The van der Waals surface area contributed by atoms with Gasteiger partial charge in [0.1, 0.15) is 0 Å². The Hall–Kier alpha value is -1.68. The summed E-state index contributed by atoms with van der Waals surface area (Å²) in [5, 5.41) is 11.8. The predicted molar refractivity (Wildman–Crippen MR) is 74.7 cm³/mol. The topological polar surface area (TPSA) is 50.2 Å². The zero-order valence-electron chi connectivity index (χ0n) is 10.5. The molecule has 4 heteroatoms. The van der Waals surface area contributed by atoms with Gasteiger partial charge in [-0.1, -0.05) is 24.3 Å². The van der Waals surface area contributed by atoms with Crippen LogP contribution in [0, 0.1) is 0 Å². The maximum atomic E-state index is 10.6. The lowest BCUT2D eigenvalue weighted by Gasteiger charge is -2.03. The van der Waals surface area contributed by atoms with Crippen molar-refractivity contribution in [2.45, 2.75) is 31.6 Å². The summed E-state index contributed by atoms with van der Waals surface area (Å²) in [6, 6.07) is 8.55. The first-order chi connectivity index (χ1) is 9.22. The third-order valence-corrected chi connectivity index (χ3v) is 4.62. The minimum atomic E-state index is -0.761. The molecule has 1 heterocycles. The second-order valence-corrected chi connectivity index (χ2v) is 5.83. The molecule has 1 aliphatic rings. The summed E-state index contributed by atoms with van der Waals surface area (Å²) < 4.78 is 0. The van der Waals surface area contributed by atoms with Crippen molar-refractivity contribution in [1.29, 1.82) is 0 Å². The molecule has 0 aliphatic heterocycles. The van der Waals surface area contributed by atoms with E-state index in [2.05, 4.69) is 29.2 Å². The van der Waals surface area contributed by atoms with Gasteiger partial charge in [-0.05, 0) is 24.0 Å². The van der Waals surface area contributed by atoms with Crippen molar-refractivity contribution in [3.63, 3.8) is 0 Å². The molecule has 0 bridgehead atoms. The Morgan fingerprint density at radius 1 is 1.32 bits per heavy atom. The molecule has 0 fully saturated rings. The molecule has 0 radical (unpaired) electrons. The smallest absolute Gasteiger partial charge is 0.303 e. The third kappa shape index (κ3) is 2.68. The molecule has 0 saturated carbocycles. The van der Waals surface area contributed by atoms with Gasteiger partial charge in [-0.25, -0.2) is 4.98 Å². The van der Waals surface area contributed by atoms with Crippen molar-refractivity contribution in [2.24, 2.45) is 0 Å². The van der Waals surface area contributed by atoms with Crippen LogP contribution in [0.1, 0.15) is 34.2 Å². The van der Waals surface area contributed by atoms with Gasteiger partial charge in [-0.3, -0.25) is 4.79 Å². The van der Waals surface area contributed by atoms with E-state index in [0.717, 1.165) is 23.5 Å². The molecule has 1 aromatic carbocycles. The standard InChI is InChI=1S/C15H15NO2S/c17-14(18)6-5-13-9-19-15(16-13)12-7-10-3-1-2-4-11(10)8-12/h1-4,9,12H,5-8H2,(H,17,18). The van der Waals surface area contributed by atoms with Crippen LogP contribution in [0.15, 0.2) is 29.6 Å². The van der Waals surface area contributed by atoms with Crippen LogP contribution in [0.4, 0.5) is 0 Å². The molecule has 0 saturated heterocycles. The first kappa shape index (κ1) is 12.4. The summed E-state index contributed by atoms with van der Waals surface area (Å²) in [6.45, 7) is 0. The number of carbonyl (C=O) groups is 1. The van der Waals surface area contributed by atoms with E-state index in [1.54, 1.807) is 11.3 Å². The largest absolute Gasteiger partial charge is 0.481 e. The zero-order valence-corrected chi connectivity index (χ0v) is 11.3. The average molecular weight is 273 g/mol. The van der Waals surface area contributed by atoms with E-state index >= 15 is 0 Å². The highest BCUT2D eigenvalue weighted by Crippen LogP contribution is 2.35. The van der Waals surface area contributed by atoms with Crippen molar-refractivity contribution in [2.75, 3.05) is 0 Å². The predicted octanol–water partition coefficient (Wildman–Crippen LogP) is 3.04. The number of nitrogens with zero attached hydrogens (tertiary/aromatic N) is 1. The molecule has 19 heavy (non-hydrogen) atoms. The SMILES string of the molecule is O=C(O)CCc1csc(C2Cc3ccccc3C2)n1. The number of benzene rings is 1. The van der Waals surface area contributed by atoms with Crippen molar-refractivity contribution >= 4 is 17.3 Å². The van der Waals surface area contributed by atoms with E-state index in [-0.39, 0.29) is 6.42 Å². The number of rotatable bonds is 4. The Morgan fingerprint density at radius 3 is 2.63 bits per heavy atom. The maximum Gasteiger partial charge on any atom is 0.303 e. The number of aromatic nitrogens is 1. The molecular weight excluding hydrogens is 258 g/mol. The van der Waals surface area contributed by atoms with E-state index in [9.17, 15) is 4.79 Å². The first-order valence-electron chi connectivity index (χ1n) is 6.45. The summed E-state index contributed by atoms with van der Waals surface area (Å²) in [4.78, 5) is 15.2. The lowest BCUT2D eigenvalue weighted by atomic mass is 10.1. The summed E-state index contributed by atoms with van der Waals surface area (Å²) in [6.07, 6.45) is 2.81. The number of aliphatic carboxylic acids is 1. The Kier molecular flexibility index (Phi) is 3.34. The Balaban J connectivity index is 1.70. The third-order valence-electron chi connectivity index (χ3n) is 3.56. The fourth-order valence-corrected chi connectivity index (χ4v) is 3.55. The lowest BCUT2D eigenvalue weighted by molar-refractivity contribution is -0.136. The molecule has 3 rings (SSSR count). The Bertz CT molecular complexity index is 581. The van der Waals surface area contributed by atoms with E-state index in [0.29, 0.717) is 12.3 Å². The van der Waals surface area contributed by atoms with Crippen LogP contribution >= 0.6 is 11.3 Å². The quantitative estimate of drug-likeness (QED) is 0.931. The minimum Gasteiger partial charge on any atom is -0.481 e. The van der Waals surface area contributed by atoms with Crippen LogP contribution in [0.25, 0.3) is 0 Å². The highest BCUT2D eigenvalue weighted by atomic mass is 32.1. The normalized spacial score (nSPS) is 14.5. The fourth-order valence-electron chi connectivity index (χ4n) is 2.59. The molecular formula is C15H15NO2S. The molecule has 0 spiro atoms. The second-order valence-electron chi connectivity index (χ2n) is 4.94. The summed E-state index contributed by atoms with van der Waals surface area (Å²) in [5.74, 6) is -0.288. The summed E-state index contributed by atoms with van der Waals surface area (Å²) in [7, 11) is 0. The van der Waals surface area contributed by atoms with E-state index < -0.39 is 5.97 Å². The number of hydrogen-bond donors (Lipinski definition) is 1. The summed E-state index contributed by atoms with van der Waals surface area (Å²) >= 11 is 1.67. The van der Waals surface area contributed by atoms with Crippen molar-refractivity contribution in [3.05, 3.63) is 51.5 Å². The van der Waals surface area contributed by atoms with E-state index in [4.69, 9.17) is 5.11 Å². The first-order valence-corrected chi connectivity index (χ1v) is 7.33. The molecule has 1 aliphatic carbocycles. The molecule has 2 aromatic rings. The molecule has 0 amide bonds. The van der Waals surface area contributed by atoms with Gasteiger partial charge in [0, 0.05) is 17.7 Å². The van der Waals surface area contributed by atoms with Crippen LogP contribution in [0.2, 0.25) is 0 Å². The molecule has 1 N–H and O–H groups in total. The summed E-state index contributed by atoms with van der Waals surface area (Å²) in [5.41, 5.74) is 3.77. The van der Waals surface area contributed by atoms with Crippen molar-refractivity contribution in [3.8, 4) is 0 Å². The number of thiazole rings is 1. The van der Waals surface area contributed by atoms with Gasteiger partial charge in [0.2, 0.25) is 0 Å². The van der Waals surface area contributed by atoms with Gasteiger partial charge in [0.15, 0.2) is 0 Å². The minimum absolute atomic E-state index is 0.161. The van der Waals surface area contributed by atoms with E-state index in [1.165, 1.54) is 11.1 Å². The van der Waals surface area contributed by atoms with Gasteiger partial charge < -0.3 is 5.11 Å². The fraction of sp³-hybridized carbons (Fsp3) is 0.333. The van der Waals surface area contributed by atoms with Crippen LogP contribution < -0.4 is 0 Å². The monoisotopic (exact) mass is 273 g/mol. The lowest BCUT2D eigenvalue weighted by Crippen LogP contribution is -2.00. The van der Waals surface area contributed by atoms with Gasteiger partial charge >= 0.3 is 5.97 Å². The van der Waals surface area contributed by atoms with Crippen LogP contribution in [-0.2, 0) is 24.1 Å². The molecule has 1 aromatic heterocycles. The zero-order chi connectivity index (χ0) is 13.2. The van der Waals surface area contributed by atoms with Gasteiger partial charge in [0.05, 0.1) is 17.1 Å². The number of aryl methyl sites for hydroxylation is 1. The maximum absolute atomic E-state index is 10.6. The molecule has 0 unspecified atom stereocenters. The number of carboxylic acids is 1. The van der Waals surface area contributed by atoms with Crippen molar-refractivity contribution < 1.29 is 9.90 Å². The highest BCUT2D eigenvalue weighted by Gasteiger charge is 2.24. The van der Waals surface area contributed by atoms with Gasteiger partial charge in [-0.15, -0.1) is 11.3 Å². The number of fused-ring (bicyclic) bond motifs is 1. The molecule has 0 atom stereocenters. The Morgan fingerprint density at radius 2 is 2.00 bits per heavy atom. The van der Waals surface area contributed by atoms with Crippen molar-refractivity contribution in [1.82, 2.24) is 4.98 Å². The van der Waals surface area contributed by atoms with Crippen LogP contribution in [0.5, 0.6) is 0 Å². The van der Waals surface area contributed by atoms with E-state index in [1.807, 2.05) is 5.38 Å². The van der Waals surface area contributed by atoms with Gasteiger partial charge in [0.25, 0.3) is 0 Å². The Labute approximate surface area is 115 Å². The highest BCUT2D eigenvalue weighted by molar-refractivity contribution is 7.09. The molecule has 98 valence electrons. The number of hydrogen-bond acceptors (Lipinski definition) is 3. The van der Waals surface area contributed by atoms with Crippen LogP contribution in [0.3, 0.4) is 0 Å². The second kappa shape index (κ2) is 5.13. The number of carboxylic acid groups (broad SMARTS) is 1.